The van der Waals surface area contributed by atoms with Crippen LogP contribution in [0, 0.1) is 11.7 Å². The van der Waals surface area contributed by atoms with Crippen molar-refractivity contribution in [3.63, 3.8) is 0 Å². The number of amides is 3. The summed E-state index contributed by atoms with van der Waals surface area (Å²) in [5.41, 5.74) is -1.76. The zero-order valence-electron chi connectivity index (χ0n) is 29.6. The number of aromatic nitrogens is 6. The molecule has 2 saturated heterocycles. The Bertz CT molecular complexity index is 2420. The normalized spacial score (nSPS) is 23.4. The Morgan fingerprint density at radius 2 is 1.79 bits per heavy atom. The zero-order chi connectivity index (χ0) is 39.5. The Kier molecular flexibility index (Phi) is 9.45. The van der Waals surface area contributed by atoms with E-state index in [0.717, 1.165) is 42.5 Å². The number of imide groups is 1. The van der Waals surface area contributed by atoms with Crippen LogP contribution in [0.1, 0.15) is 84.7 Å². The first-order chi connectivity index (χ1) is 26.6. The molecule has 3 N–H and O–H groups in total. The molecule has 2 aromatic carbocycles. The number of aromatic amines is 1. The van der Waals surface area contributed by atoms with Crippen molar-refractivity contribution in [2.24, 2.45) is 5.92 Å². The van der Waals surface area contributed by atoms with Crippen LogP contribution in [0.3, 0.4) is 0 Å². The molecular formula is C37H35F6N9O4. The lowest BCUT2D eigenvalue weighted by Crippen LogP contribution is -2.49. The number of hydrogen-bond donors (Lipinski definition) is 3. The SMILES string of the molecule is O=C1CCC(n2c(=O)[nH]c3c([C@@H]4CCN(CC5CCC(n6cc7cc(NC(=O)c8cncc(C(F)(F)F)n8)ccc7n6)CC5)CC4(F)F)c(F)ccc32)C(=O)N1. The molecule has 19 heteroatoms. The highest BCUT2D eigenvalue weighted by molar-refractivity contribution is 6.03. The van der Waals surface area contributed by atoms with E-state index in [9.17, 15) is 32.3 Å². The van der Waals surface area contributed by atoms with Gasteiger partial charge in [0.2, 0.25) is 11.8 Å². The molecule has 5 aromatic rings. The zero-order valence-corrected chi connectivity index (χ0v) is 29.6. The summed E-state index contributed by atoms with van der Waals surface area (Å²) in [5.74, 6) is -7.58. The summed E-state index contributed by atoms with van der Waals surface area (Å²) in [5, 5.41) is 10.1. The average molecular weight is 784 g/mol. The fourth-order valence-corrected chi connectivity index (χ4v) is 8.37. The highest BCUT2D eigenvalue weighted by Gasteiger charge is 2.48. The molecule has 3 amide bonds. The number of piperidine rings is 2. The highest BCUT2D eigenvalue weighted by atomic mass is 19.4. The van der Waals surface area contributed by atoms with Crippen molar-refractivity contribution in [3.05, 3.63) is 82.2 Å². The number of halogens is 6. The van der Waals surface area contributed by atoms with Crippen molar-refractivity contribution in [2.45, 2.75) is 75.0 Å². The summed E-state index contributed by atoms with van der Waals surface area (Å²) >= 11 is 0. The molecule has 1 aliphatic carbocycles. The van der Waals surface area contributed by atoms with E-state index in [1.807, 2.05) is 10.9 Å². The lowest BCUT2D eigenvalue weighted by atomic mass is 9.82. The summed E-state index contributed by atoms with van der Waals surface area (Å²) in [6.07, 6.45) is 1.57. The van der Waals surface area contributed by atoms with E-state index in [-0.39, 0.29) is 54.4 Å². The van der Waals surface area contributed by atoms with Crippen LogP contribution < -0.4 is 16.3 Å². The van der Waals surface area contributed by atoms with E-state index in [2.05, 4.69) is 30.7 Å². The Morgan fingerprint density at radius 1 is 1.00 bits per heavy atom. The smallest absolute Gasteiger partial charge is 0.321 e. The van der Waals surface area contributed by atoms with Crippen LogP contribution in [0.4, 0.5) is 32.0 Å². The number of likely N-dealkylation sites (tertiary alicyclic amines) is 1. The Balaban J connectivity index is 0.890. The number of carbonyl (C=O) groups excluding carboxylic acids is 3. The van der Waals surface area contributed by atoms with Gasteiger partial charge in [0.25, 0.3) is 11.8 Å². The van der Waals surface area contributed by atoms with Crippen LogP contribution in [-0.2, 0) is 15.8 Å². The second-order valence-corrected chi connectivity index (χ2v) is 14.8. The molecule has 5 heterocycles. The molecule has 2 aliphatic heterocycles. The molecule has 2 atom stereocenters. The van der Waals surface area contributed by atoms with Gasteiger partial charge in [-0.2, -0.15) is 18.3 Å². The summed E-state index contributed by atoms with van der Waals surface area (Å²) < 4.78 is 89.4. The molecule has 0 bridgehead atoms. The van der Waals surface area contributed by atoms with Gasteiger partial charge in [-0.3, -0.25) is 38.8 Å². The largest absolute Gasteiger partial charge is 0.434 e. The van der Waals surface area contributed by atoms with Crippen molar-refractivity contribution in [3.8, 4) is 0 Å². The number of nitrogens with one attached hydrogen (secondary N) is 3. The fraction of sp³-hybridized carbons (Fsp3) is 0.432. The lowest BCUT2D eigenvalue weighted by molar-refractivity contribution is -0.141. The van der Waals surface area contributed by atoms with E-state index in [0.29, 0.717) is 29.3 Å². The summed E-state index contributed by atoms with van der Waals surface area (Å²) in [7, 11) is 0. The first-order valence-electron chi connectivity index (χ1n) is 18.2. The lowest BCUT2D eigenvalue weighted by Gasteiger charge is -2.41. The van der Waals surface area contributed by atoms with E-state index in [4.69, 9.17) is 0 Å². The third-order valence-electron chi connectivity index (χ3n) is 11.1. The maximum Gasteiger partial charge on any atom is 0.434 e. The van der Waals surface area contributed by atoms with Crippen molar-refractivity contribution in [1.82, 2.24) is 39.5 Å². The molecule has 3 aromatic heterocycles. The third-order valence-corrected chi connectivity index (χ3v) is 11.1. The van der Waals surface area contributed by atoms with Crippen molar-refractivity contribution in [2.75, 3.05) is 25.0 Å². The van der Waals surface area contributed by atoms with E-state index >= 15 is 13.2 Å². The Labute approximate surface area is 313 Å². The first-order valence-corrected chi connectivity index (χ1v) is 18.2. The second-order valence-electron chi connectivity index (χ2n) is 14.8. The molecule has 8 rings (SSSR count). The van der Waals surface area contributed by atoms with Gasteiger partial charge in [0.1, 0.15) is 17.6 Å². The Morgan fingerprint density at radius 3 is 2.52 bits per heavy atom. The van der Waals surface area contributed by atoms with Gasteiger partial charge >= 0.3 is 11.9 Å². The van der Waals surface area contributed by atoms with Gasteiger partial charge in [0.05, 0.1) is 47.4 Å². The highest BCUT2D eigenvalue weighted by Crippen LogP contribution is 2.44. The predicted octanol–water partition coefficient (Wildman–Crippen LogP) is 5.71. The fourth-order valence-electron chi connectivity index (χ4n) is 8.37. The molecule has 56 heavy (non-hydrogen) atoms. The topological polar surface area (TPSA) is 160 Å². The van der Waals surface area contributed by atoms with Gasteiger partial charge in [0, 0.05) is 35.8 Å². The minimum atomic E-state index is -4.75. The van der Waals surface area contributed by atoms with Gasteiger partial charge in [-0.25, -0.2) is 22.9 Å². The minimum Gasteiger partial charge on any atom is -0.321 e. The number of anilines is 1. The van der Waals surface area contributed by atoms with Gasteiger partial charge in [-0.15, -0.1) is 0 Å². The average Bonchev–Trinajstić information content (AvgIpc) is 3.72. The third kappa shape index (κ3) is 7.14. The number of alkyl halides is 5. The Hall–Kier alpha value is -5.59. The molecule has 3 fully saturated rings. The van der Waals surface area contributed by atoms with Gasteiger partial charge < -0.3 is 10.3 Å². The molecule has 13 nitrogen and oxygen atoms in total. The van der Waals surface area contributed by atoms with E-state index in [1.54, 1.807) is 23.1 Å². The number of hydrogen-bond acceptors (Lipinski definition) is 8. The summed E-state index contributed by atoms with van der Waals surface area (Å²) in [6.45, 7) is 0.137. The van der Waals surface area contributed by atoms with Crippen LogP contribution >= 0.6 is 0 Å². The van der Waals surface area contributed by atoms with Gasteiger partial charge in [-0.1, -0.05) is 0 Å². The number of benzene rings is 2. The van der Waals surface area contributed by atoms with Crippen LogP contribution in [-0.4, -0.2) is 77.5 Å². The first kappa shape index (κ1) is 37.3. The molecular weight excluding hydrogens is 748 g/mol. The van der Waals surface area contributed by atoms with Crippen LogP contribution in [0.15, 0.2) is 53.7 Å². The number of nitrogens with zero attached hydrogens (tertiary/aromatic N) is 6. The molecule has 3 aliphatic rings. The number of H-pyrrole nitrogens is 1. The number of fused-ring (bicyclic) bond motifs is 2. The van der Waals surface area contributed by atoms with Crippen molar-refractivity contribution >= 4 is 45.3 Å². The number of carbonyl (C=O) groups is 3. The van der Waals surface area contributed by atoms with Crippen LogP contribution in [0.5, 0.6) is 0 Å². The van der Waals surface area contributed by atoms with E-state index in [1.165, 1.54) is 6.07 Å². The van der Waals surface area contributed by atoms with E-state index < -0.39 is 71.2 Å². The molecule has 1 saturated carbocycles. The molecule has 1 unspecified atom stereocenters. The molecule has 0 spiro atoms. The summed E-state index contributed by atoms with van der Waals surface area (Å²) in [6, 6.07) is 6.25. The standard InChI is InChI=1S/C37H35F6N9O4/c38-24-6-8-27-32(48-35(56)52(27)28-9-10-30(53)47-34(28)55)31(24)23-11-12-50(18-36(23,39)40)16-19-1-4-22(5-2-19)51-17-20-13-21(3-7-25(20)49-51)45-33(54)26-14-44-15-29(46-26)37(41,42)43/h3,6-8,13-15,17,19,22-23,28H,1-2,4-5,9-12,16,18H2,(H,45,54)(H,48,56)(H,47,53,55)/t19?,22?,23-,28?/m0/s1. The monoisotopic (exact) mass is 783 g/mol. The van der Waals surface area contributed by atoms with Crippen LogP contribution in [0.2, 0.25) is 0 Å². The van der Waals surface area contributed by atoms with Crippen molar-refractivity contribution in [1.29, 1.82) is 0 Å². The van der Waals surface area contributed by atoms with Crippen molar-refractivity contribution < 1.29 is 40.7 Å². The minimum absolute atomic E-state index is 0.00136. The second kappa shape index (κ2) is 14.2. The maximum atomic E-state index is 16.0. The quantitative estimate of drug-likeness (QED) is 0.140. The van der Waals surface area contributed by atoms with Gasteiger partial charge in [-0.05, 0) is 81.3 Å². The maximum absolute atomic E-state index is 16.0. The summed E-state index contributed by atoms with van der Waals surface area (Å²) in [4.78, 5) is 60.9. The molecule has 0 radical (unpaired) electrons. The molecule has 294 valence electrons. The predicted molar refractivity (Wildman–Crippen MR) is 188 cm³/mol. The number of rotatable bonds is 7. The number of imidazole rings is 1. The van der Waals surface area contributed by atoms with Gasteiger partial charge in [0.15, 0.2) is 5.69 Å². The van der Waals surface area contributed by atoms with Crippen LogP contribution in [0.25, 0.3) is 21.9 Å².